The third-order valence-corrected chi connectivity index (χ3v) is 12.1. The molecule has 2 aliphatic rings. The number of nitrogens with one attached hydrogen (secondary N) is 4. The van der Waals surface area contributed by atoms with Crippen LogP contribution in [0.25, 0.3) is 55.4 Å². The number of likely N-dealkylation sites (N-methyl/N-ethyl adjacent to an activating group) is 1. The van der Waals surface area contributed by atoms with Crippen molar-refractivity contribution in [2.45, 2.75) is 77.5 Å². The topological polar surface area (TPSA) is 148 Å². The Bertz CT molecular complexity index is 2470. The Balaban J connectivity index is 0.949. The molecule has 59 heavy (non-hydrogen) atoms. The highest BCUT2D eigenvalue weighted by atomic mass is 16.5. The number of carbonyl (C=O) groups excluding carboxylic acids is 3. The zero-order valence-corrected chi connectivity index (χ0v) is 34.7. The summed E-state index contributed by atoms with van der Waals surface area (Å²) in [6.45, 7) is 9.34. The van der Waals surface area contributed by atoms with Crippen LogP contribution in [-0.4, -0.2) is 87.0 Å². The molecule has 2 fully saturated rings. The van der Waals surface area contributed by atoms with Crippen molar-refractivity contribution in [3.05, 3.63) is 96.6 Å². The van der Waals surface area contributed by atoms with Crippen LogP contribution < -0.4 is 10.6 Å². The minimum Gasteiger partial charge on any atom is -0.453 e. The summed E-state index contributed by atoms with van der Waals surface area (Å²) >= 11 is 0. The molecular formula is C47H54N8O4. The first-order valence-corrected chi connectivity index (χ1v) is 20.9. The van der Waals surface area contributed by atoms with Crippen molar-refractivity contribution in [3.63, 3.8) is 0 Å². The molecule has 4 aromatic carbocycles. The normalized spacial score (nSPS) is 18.0. The van der Waals surface area contributed by atoms with E-state index in [1.54, 1.807) is 0 Å². The molecular weight excluding hydrogens is 741 g/mol. The number of methoxy groups -OCH3 is 1. The van der Waals surface area contributed by atoms with Crippen molar-refractivity contribution < 1.29 is 19.1 Å². The average Bonchev–Trinajstić information content (AvgIpc) is 4.08. The lowest BCUT2D eigenvalue weighted by Crippen LogP contribution is -2.51. The fraction of sp³-hybridized carbons (Fsp3) is 0.383. The number of alkyl carbamates (subject to hydrolysis) is 1. The quantitative estimate of drug-likeness (QED) is 0.103. The second-order valence-electron chi connectivity index (χ2n) is 16.6. The summed E-state index contributed by atoms with van der Waals surface area (Å²) in [7, 11) is 3.16. The van der Waals surface area contributed by atoms with E-state index >= 15 is 0 Å². The summed E-state index contributed by atoms with van der Waals surface area (Å²) in [4.78, 5) is 59.8. The van der Waals surface area contributed by atoms with Crippen LogP contribution in [0, 0.1) is 11.8 Å². The van der Waals surface area contributed by atoms with Crippen LogP contribution in [-0.2, 0) is 14.3 Å². The standard InChI is InChI=1S/C47H54N8O4/c1-27(2)41(48-5)45(56)54-23-7-9-39(54)43-49-35-21-19-33(25-37(35)51-43)31-15-11-29(12-16-31)30-13-17-32(18-14-30)34-20-22-36-38(26-34)52-44(50-36)40-10-8-24-55(40)46(57)42(28(3)4)53-47(58)59-6/h11-22,25-28,39-42,48H,7-10,23-24H2,1-6H3,(H,49,51)(H,50,52)(H,53,58)/t39-,40-,41-,42-/m0/s1. The SMILES string of the molecule is CN[C@H](C(=O)N1CCC[C@H]1c1nc2ccc(-c3ccc(-c4ccc(-c5ccc6nc([C@@H]7CCCN7C(=O)[C@@H](NC(=O)OC)C(C)C)[nH]c6c5)cc4)cc3)cc2[nH]1)C(C)C. The van der Waals surface area contributed by atoms with E-state index in [1.165, 1.54) is 7.11 Å². The van der Waals surface area contributed by atoms with Crippen molar-refractivity contribution >= 4 is 40.0 Å². The lowest BCUT2D eigenvalue weighted by atomic mass is 9.98. The summed E-state index contributed by atoms with van der Waals surface area (Å²) in [5.74, 6) is 1.73. The number of imidazole rings is 2. The van der Waals surface area contributed by atoms with Crippen molar-refractivity contribution in [1.82, 2.24) is 40.4 Å². The molecule has 4 atom stereocenters. The molecule has 12 heteroatoms. The Morgan fingerprint density at radius 2 is 1.02 bits per heavy atom. The molecule has 0 saturated carbocycles. The Morgan fingerprint density at radius 3 is 1.41 bits per heavy atom. The molecule has 0 unspecified atom stereocenters. The number of H-pyrrole nitrogens is 2. The molecule has 8 rings (SSSR count). The number of aromatic nitrogens is 4. The smallest absolute Gasteiger partial charge is 0.407 e. The van der Waals surface area contributed by atoms with E-state index in [-0.39, 0.29) is 41.8 Å². The molecule has 306 valence electrons. The monoisotopic (exact) mass is 794 g/mol. The van der Waals surface area contributed by atoms with Crippen LogP contribution in [0.4, 0.5) is 4.79 Å². The van der Waals surface area contributed by atoms with Gasteiger partial charge in [-0.05, 0) is 102 Å². The largest absolute Gasteiger partial charge is 0.453 e. The van der Waals surface area contributed by atoms with Gasteiger partial charge in [-0.3, -0.25) is 9.59 Å². The van der Waals surface area contributed by atoms with Crippen LogP contribution in [0.15, 0.2) is 84.9 Å². The molecule has 4 heterocycles. The van der Waals surface area contributed by atoms with Crippen LogP contribution in [0.5, 0.6) is 0 Å². The summed E-state index contributed by atoms with van der Waals surface area (Å²) in [6.07, 6.45) is 2.91. The summed E-state index contributed by atoms with van der Waals surface area (Å²) in [6, 6.07) is 28.6. The number of aromatic amines is 2. The van der Waals surface area contributed by atoms with E-state index < -0.39 is 12.1 Å². The molecule has 12 nitrogen and oxygen atoms in total. The van der Waals surface area contributed by atoms with E-state index in [9.17, 15) is 14.4 Å². The highest BCUT2D eigenvalue weighted by molar-refractivity contribution is 5.88. The number of likely N-dealkylation sites (tertiary alicyclic amines) is 2. The highest BCUT2D eigenvalue weighted by Gasteiger charge is 2.38. The Kier molecular flexibility index (Phi) is 11.3. The minimum atomic E-state index is -0.679. The van der Waals surface area contributed by atoms with Crippen molar-refractivity contribution in [3.8, 4) is 33.4 Å². The maximum absolute atomic E-state index is 13.6. The first kappa shape index (κ1) is 39.8. The van der Waals surface area contributed by atoms with Crippen LogP contribution in [0.1, 0.15) is 77.1 Å². The van der Waals surface area contributed by atoms with E-state index in [1.807, 2.05) is 36.8 Å². The maximum Gasteiger partial charge on any atom is 0.407 e. The minimum absolute atomic E-state index is 0.0469. The van der Waals surface area contributed by atoms with Gasteiger partial charge in [-0.15, -0.1) is 0 Å². The summed E-state index contributed by atoms with van der Waals surface area (Å²) in [5.41, 5.74) is 10.3. The number of hydrogen-bond donors (Lipinski definition) is 4. The molecule has 2 saturated heterocycles. The van der Waals surface area contributed by atoms with E-state index in [4.69, 9.17) is 14.7 Å². The van der Waals surface area contributed by atoms with Gasteiger partial charge in [0.2, 0.25) is 11.8 Å². The number of rotatable bonds is 11. The Hall–Kier alpha value is -6.01. The van der Waals surface area contributed by atoms with E-state index in [2.05, 4.69) is 113 Å². The molecule has 6 aromatic rings. The maximum atomic E-state index is 13.6. The van der Waals surface area contributed by atoms with Crippen LogP contribution in [0.2, 0.25) is 0 Å². The zero-order chi connectivity index (χ0) is 41.4. The van der Waals surface area contributed by atoms with Gasteiger partial charge in [-0.25, -0.2) is 14.8 Å². The van der Waals surface area contributed by atoms with Gasteiger partial charge in [0.1, 0.15) is 17.7 Å². The van der Waals surface area contributed by atoms with Gasteiger partial charge in [0.15, 0.2) is 0 Å². The van der Waals surface area contributed by atoms with Gasteiger partial charge in [0.25, 0.3) is 0 Å². The lowest BCUT2D eigenvalue weighted by molar-refractivity contribution is -0.136. The predicted octanol–water partition coefficient (Wildman–Crippen LogP) is 8.39. The molecule has 3 amide bonds. The van der Waals surface area contributed by atoms with Gasteiger partial charge in [-0.2, -0.15) is 0 Å². The Labute approximate surface area is 345 Å². The van der Waals surface area contributed by atoms with Gasteiger partial charge in [-0.1, -0.05) is 88.4 Å². The fourth-order valence-electron chi connectivity index (χ4n) is 8.87. The first-order valence-electron chi connectivity index (χ1n) is 20.9. The second-order valence-corrected chi connectivity index (χ2v) is 16.6. The summed E-state index contributed by atoms with van der Waals surface area (Å²) < 4.78 is 4.78. The first-order chi connectivity index (χ1) is 28.5. The van der Waals surface area contributed by atoms with Crippen LogP contribution >= 0.6 is 0 Å². The van der Waals surface area contributed by atoms with Crippen LogP contribution in [0.3, 0.4) is 0 Å². The van der Waals surface area contributed by atoms with Gasteiger partial charge in [0.05, 0.1) is 47.3 Å². The predicted molar refractivity (Wildman–Crippen MR) is 231 cm³/mol. The number of benzene rings is 4. The molecule has 2 aliphatic heterocycles. The van der Waals surface area contributed by atoms with Crippen molar-refractivity contribution in [2.75, 3.05) is 27.2 Å². The van der Waals surface area contributed by atoms with E-state index in [0.29, 0.717) is 6.54 Å². The highest BCUT2D eigenvalue weighted by Crippen LogP contribution is 2.36. The number of amides is 3. The van der Waals surface area contributed by atoms with Gasteiger partial charge in [0, 0.05) is 13.1 Å². The fourth-order valence-corrected chi connectivity index (χ4v) is 8.87. The number of fused-ring (bicyclic) bond motifs is 2. The number of carbonyl (C=O) groups is 3. The van der Waals surface area contributed by atoms with Gasteiger partial charge >= 0.3 is 6.09 Å². The molecule has 0 bridgehead atoms. The number of nitrogens with zero attached hydrogens (tertiary/aromatic N) is 4. The van der Waals surface area contributed by atoms with Gasteiger partial charge < -0.3 is 35.1 Å². The molecule has 0 radical (unpaired) electrons. The average molecular weight is 795 g/mol. The van der Waals surface area contributed by atoms with Crippen molar-refractivity contribution in [1.29, 1.82) is 0 Å². The number of ether oxygens (including phenoxy) is 1. The molecule has 2 aromatic heterocycles. The Morgan fingerprint density at radius 1 is 0.627 bits per heavy atom. The van der Waals surface area contributed by atoms with Crippen molar-refractivity contribution in [2.24, 2.45) is 11.8 Å². The summed E-state index contributed by atoms with van der Waals surface area (Å²) in [5, 5.41) is 5.93. The zero-order valence-electron chi connectivity index (χ0n) is 34.7. The molecule has 0 aliphatic carbocycles. The lowest BCUT2D eigenvalue weighted by Gasteiger charge is -2.29. The second kappa shape index (κ2) is 16.7. The third-order valence-electron chi connectivity index (χ3n) is 12.1. The number of hydrogen-bond acceptors (Lipinski definition) is 7. The third kappa shape index (κ3) is 7.93. The molecule has 0 spiro atoms. The molecule has 4 N–H and O–H groups in total. The van der Waals surface area contributed by atoms with E-state index in [0.717, 1.165) is 99.3 Å².